The fourth-order valence-electron chi connectivity index (χ4n) is 1.30. The molecule has 1 rings (SSSR count). The van der Waals surface area contributed by atoms with Crippen LogP contribution in [0.3, 0.4) is 0 Å². The maximum atomic E-state index is 12.1. The van der Waals surface area contributed by atoms with Crippen LogP contribution < -0.4 is 4.74 Å². The maximum absolute atomic E-state index is 12.1. The highest BCUT2D eigenvalue weighted by Gasteiger charge is 2.38. The summed E-state index contributed by atoms with van der Waals surface area (Å²) < 4.78 is 41.1. The van der Waals surface area contributed by atoms with E-state index in [9.17, 15) is 13.2 Å². The lowest BCUT2D eigenvalue weighted by Gasteiger charge is -2.17. The normalized spacial score (nSPS) is 13.5. The van der Waals surface area contributed by atoms with Gasteiger partial charge in [0.1, 0.15) is 12.4 Å². The summed E-state index contributed by atoms with van der Waals surface area (Å²) in [5.41, 5.74) is 0.991. The molecule has 0 bridgehead atoms. The first-order valence-electron chi connectivity index (χ1n) is 4.93. The first-order chi connectivity index (χ1) is 7.86. The standard InChI is InChI=1S/C11H13F3O3/c1-7-3-2-4-8(5-15)10(7)17-6-9(16)11(12,13)14/h2-4,9,15-16H,5-6H2,1H3. The highest BCUT2D eigenvalue weighted by Crippen LogP contribution is 2.26. The molecule has 1 aromatic rings. The smallest absolute Gasteiger partial charge is 0.417 e. The number of alkyl halides is 3. The van der Waals surface area contributed by atoms with Crippen molar-refractivity contribution in [1.82, 2.24) is 0 Å². The van der Waals surface area contributed by atoms with E-state index >= 15 is 0 Å². The molecule has 6 heteroatoms. The number of halogens is 3. The quantitative estimate of drug-likeness (QED) is 0.856. The molecular weight excluding hydrogens is 237 g/mol. The molecule has 0 amide bonds. The molecule has 2 N–H and O–H groups in total. The molecule has 0 aliphatic carbocycles. The highest BCUT2D eigenvalue weighted by atomic mass is 19.4. The molecular formula is C11H13F3O3. The van der Waals surface area contributed by atoms with Crippen molar-refractivity contribution in [3.8, 4) is 5.75 Å². The van der Waals surface area contributed by atoms with E-state index in [4.69, 9.17) is 14.9 Å². The van der Waals surface area contributed by atoms with Gasteiger partial charge in [-0.3, -0.25) is 0 Å². The second-order valence-electron chi connectivity index (χ2n) is 3.59. The number of rotatable bonds is 4. The molecule has 0 aliphatic heterocycles. The van der Waals surface area contributed by atoms with Gasteiger partial charge >= 0.3 is 6.18 Å². The third-order valence-corrected chi connectivity index (χ3v) is 2.23. The van der Waals surface area contributed by atoms with Gasteiger partial charge in [-0.05, 0) is 12.5 Å². The predicted octanol–water partition coefficient (Wildman–Crippen LogP) is 1.79. The van der Waals surface area contributed by atoms with Gasteiger partial charge in [0.25, 0.3) is 0 Å². The molecule has 0 aromatic heterocycles. The first kappa shape index (κ1) is 13.8. The Labute approximate surface area is 96.5 Å². The third-order valence-electron chi connectivity index (χ3n) is 2.23. The molecule has 0 fully saturated rings. The van der Waals surface area contributed by atoms with Gasteiger partial charge < -0.3 is 14.9 Å². The number of aliphatic hydroxyl groups excluding tert-OH is 2. The van der Waals surface area contributed by atoms with E-state index in [1.54, 1.807) is 25.1 Å². The van der Waals surface area contributed by atoms with Crippen LogP contribution in [0.25, 0.3) is 0 Å². The van der Waals surface area contributed by atoms with E-state index in [1.165, 1.54) is 0 Å². The van der Waals surface area contributed by atoms with Gasteiger partial charge in [-0.2, -0.15) is 13.2 Å². The van der Waals surface area contributed by atoms with E-state index in [0.717, 1.165) is 0 Å². The lowest BCUT2D eigenvalue weighted by molar-refractivity contribution is -0.210. The van der Waals surface area contributed by atoms with Crippen molar-refractivity contribution in [3.63, 3.8) is 0 Å². The van der Waals surface area contributed by atoms with E-state index < -0.39 is 18.9 Å². The fourth-order valence-corrected chi connectivity index (χ4v) is 1.30. The molecule has 0 heterocycles. The van der Waals surface area contributed by atoms with Crippen LogP contribution in [0.4, 0.5) is 13.2 Å². The lowest BCUT2D eigenvalue weighted by Crippen LogP contribution is -2.34. The highest BCUT2D eigenvalue weighted by molar-refractivity contribution is 5.40. The monoisotopic (exact) mass is 250 g/mol. The van der Waals surface area contributed by atoms with Crippen molar-refractivity contribution in [1.29, 1.82) is 0 Å². The summed E-state index contributed by atoms with van der Waals surface area (Å²) in [6.07, 6.45) is -7.24. The molecule has 1 unspecified atom stereocenters. The predicted molar refractivity (Wildman–Crippen MR) is 54.7 cm³/mol. The number of aliphatic hydroxyl groups is 2. The number of hydrogen-bond acceptors (Lipinski definition) is 3. The van der Waals surface area contributed by atoms with Gasteiger partial charge in [-0.25, -0.2) is 0 Å². The van der Waals surface area contributed by atoms with E-state index in [1.807, 2.05) is 0 Å². The van der Waals surface area contributed by atoms with Crippen LogP contribution in [0.2, 0.25) is 0 Å². The van der Waals surface area contributed by atoms with Crippen molar-refractivity contribution in [2.45, 2.75) is 25.8 Å². The number of para-hydroxylation sites is 1. The number of hydrogen-bond donors (Lipinski definition) is 2. The average Bonchev–Trinajstić information content (AvgIpc) is 2.25. The number of aryl methyl sites for hydroxylation is 1. The zero-order valence-corrected chi connectivity index (χ0v) is 9.16. The Kier molecular flexibility index (Phi) is 4.36. The van der Waals surface area contributed by atoms with Crippen molar-refractivity contribution in [2.24, 2.45) is 0 Å². The molecule has 3 nitrogen and oxygen atoms in total. The minimum absolute atomic E-state index is 0.179. The number of ether oxygens (including phenoxy) is 1. The minimum Gasteiger partial charge on any atom is -0.490 e. The number of benzene rings is 1. The fraction of sp³-hybridized carbons (Fsp3) is 0.455. The lowest BCUT2D eigenvalue weighted by atomic mass is 10.1. The molecule has 1 aromatic carbocycles. The van der Waals surface area contributed by atoms with Gasteiger partial charge in [-0.15, -0.1) is 0 Å². The summed E-state index contributed by atoms with van der Waals surface area (Å²) in [6, 6.07) is 4.85. The van der Waals surface area contributed by atoms with Crippen LogP contribution >= 0.6 is 0 Å². The van der Waals surface area contributed by atoms with Crippen molar-refractivity contribution in [3.05, 3.63) is 29.3 Å². The van der Waals surface area contributed by atoms with E-state index in [-0.39, 0.29) is 12.4 Å². The van der Waals surface area contributed by atoms with Gasteiger partial charge in [0.05, 0.1) is 6.61 Å². The van der Waals surface area contributed by atoms with Crippen molar-refractivity contribution < 1.29 is 28.1 Å². The van der Waals surface area contributed by atoms with Gasteiger partial charge in [0.2, 0.25) is 0 Å². The van der Waals surface area contributed by atoms with Crippen LogP contribution in [-0.2, 0) is 6.61 Å². The summed E-state index contributed by atoms with van der Waals surface area (Å²) in [7, 11) is 0. The molecule has 17 heavy (non-hydrogen) atoms. The van der Waals surface area contributed by atoms with Crippen molar-refractivity contribution in [2.75, 3.05) is 6.61 Å². The maximum Gasteiger partial charge on any atom is 0.417 e. The molecule has 0 radical (unpaired) electrons. The molecule has 0 saturated carbocycles. The first-order valence-corrected chi connectivity index (χ1v) is 4.93. The summed E-state index contributed by atoms with van der Waals surface area (Å²) in [4.78, 5) is 0. The zero-order chi connectivity index (χ0) is 13.1. The Bertz CT molecular complexity index is 377. The van der Waals surface area contributed by atoms with Crippen molar-refractivity contribution >= 4 is 0 Å². The molecule has 0 saturated heterocycles. The van der Waals surface area contributed by atoms with E-state index in [0.29, 0.717) is 11.1 Å². The Hall–Kier alpha value is -1.27. The van der Waals surface area contributed by atoms with Crippen LogP contribution in [-0.4, -0.2) is 29.1 Å². The summed E-state index contributed by atoms with van der Waals surface area (Å²) in [5.74, 6) is 0.179. The summed E-state index contributed by atoms with van der Waals surface area (Å²) in [6.45, 7) is 0.426. The van der Waals surface area contributed by atoms with Gasteiger partial charge in [-0.1, -0.05) is 18.2 Å². The molecule has 96 valence electrons. The van der Waals surface area contributed by atoms with Gasteiger partial charge in [0, 0.05) is 5.56 Å². The SMILES string of the molecule is Cc1cccc(CO)c1OCC(O)C(F)(F)F. The third kappa shape index (κ3) is 3.61. The Balaban J connectivity index is 2.76. The zero-order valence-electron chi connectivity index (χ0n) is 9.16. The van der Waals surface area contributed by atoms with Gasteiger partial charge in [0.15, 0.2) is 6.10 Å². The second-order valence-corrected chi connectivity index (χ2v) is 3.59. The Morgan fingerprint density at radius 1 is 1.35 bits per heavy atom. The average molecular weight is 250 g/mol. The van der Waals surface area contributed by atoms with E-state index in [2.05, 4.69) is 0 Å². The van der Waals surface area contributed by atoms with Crippen LogP contribution in [0.1, 0.15) is 11.1 Å². The Morgan fingerprint density at radius 2 is 2.00 bits per heavy atom. The summed E-state index contributed by atoms with van der Waals surface area (Å²) >= 11 is 0. The minimum atomic E-state index is -4.71. The van der Waals surface area contributed by atoms with Crippen LogP contribution in [0.5, 0.6) is 5.75 Å². The molecule has 0 aliphatic rings. The largest absolute Gasteiger partial charge is 0.490 e. The topological polar surface area (TPSA) is 49.7 Å². The summed E-state index contributed by atoms with van der Waals surface area (Å²) in [5, 5.41) is 17.8. The molecule has 1 atom stereocenters. The van der Waals surface area contributed by atoms with Crippen LogP contribution in [0.15, 0.2) is 18.2 Å². The van der Waals surface area contributed by atoms with Crippen LogP contribution in [0, 0.1) is 6.92 Å². The Morgan fingerprint density at radius 3 is 2.53 bits per heavy atom. The second kappa shape index (κ2) is 5.37. The molecule has 0 spiro atoms.